The number of hydrogen-bond donors (Lipinski definition) is 0. The van der Waals surface area contributed by atoms with E-state index in [9.17, 15) is 0 Å². The summed E-state index contributed by atoms with van der Waals surface area (Å²) in [6.07, 6.45) is 0. The highest BCUT2D eigenvalue weighted by atomic mass is 16.3. The average Bonchev–Trinajstić information content (AvgIpc) is 3.97. The van der Waals surface area contributed by atoms with Crippen molar-refractivity contribution in [3.8, 4) is 45.5 Å². The summed E-state index contributed by atoms with van der Waals surface area (Å²) in [6.45, 7) is 0. The van der Waals surface area contributed by atoms with Gasteiger partial charge in [0, 0.05) is 60.3 Å². The first-order valence-electron chi connectivity index (χ1n) is 20.3. The van der Waals surface area contributed by atoms with Crippen molar-refractivity contribution >= 4 is 145 Å². The van der Waals surface area contributed by atoms with Gasteiger partial charge < -0.3 is 13.6 Å². The lowest BCUT2D eigenvalue weighted by Gasteiger charge is -2.16. The van der Waals surface area contributed by atoms with Crippen LogP contribution in [0.3, 0.4) is 0 Å². The van der Waals surface area contributed by atoms with E-state index in [0.717, 1.165) is 66.2 Å². The molecular formula is C51H25B6N5O. The largest absolute Gasteiger partial charge is 0.456 e. The Bertz CT molecular complexity index is 3810. The van der Waals surface area contributed by atoms with Gasteiger partial charge in [-0.05, 0) is 36.4 Å². The van der Waals surface area contributed by atoms with Gasteiger partial charge in [0.25, 0.3) is 0 Å². The molecule has 6 nitrogen and oxygen atoms in total. The van der Waals surface area contributed by atoms with Crippen molar-refractivity contribution in [3.05, 3.63) is 152 Å². The first-order chi connectivity index (χ1) is 30.7. The lowest BCUT2D eigenvalue weighted by atomic mass is 9.74. The predicted octanol–water partition coefficient (Wildman–Crippen LogP) is 5.73. The fraction of sp³-hybridized carbons (Fsp3) is 0. The monoisotopic (exact) mass is 789 g/mol. The first-order valence-corrected chi connectivity index (χ1v) is 20.3. The van der Waals surface area contributed by atoms with Crippen LogP contribution in [0, 0.1) is 0 Å². The van der Waals surface area contributed by atoms with Gasteiger partial charge in [-0.15, -0.1) is 0 Å². The molecule has 12 radical (unpaired) electrons. The van der Waals surface area contributed by atoms with E-state index < -0.39 is 0 Å². The molecule has 0 bridgehead atoms. The van der Waals surface area contributed by atoms with Gasteiger partial charge in [-0.3, -0.25) is 0 Å². The number of hydrogen-bond acceptors (Lipinski definition) is 4. The number of nitrogens with zero attached hydrogens (tertiary/aromatic N) is 5. The smallest absolute Gasteiger partial charge is 0.164 e. The van der Waals surface area contributed by atoms with Crippen molar-refractivity contribution in [2.75, 3.05) is 0 Å². The van der Waals surface area contributed by atoms with Gasteiger partial charge in [0.2, 0.25) is 0 Å². The van der Waals surface area contributed by atoms with Gasteiger partial charge in [-0.2, -0.15) is 0 Å². The zero-order valence-electron chi connectivity index (χ0n) is 33.5. The second-order valence-corrected chi connectivity index (χ2v) is 15.8. The van der Waals surface area contributed by atoms with Crippen LogP contribution in [0.1, 0.15) is 0 Å². The van der Waals surface area contributed by atoms with E-state index in [1.807, 2.05) is 127 Å². The fourth-order valence-corrected chi connectivity index (χ4v) is 9.35. The average molecular weight is 789 g/mol. The summed E-state index contributed by atoms with van der Waals surface area (Å²) in [7, 11) is 41.2. The van der Waals surface area contributed by atoms with Crippen molar-refractivity contribution in [2.45, 2.75) is 0 Å². The van der Waals surface area contributed by atoms with Gasteiger partial charge in [-0.1, -0.05) is 148 Å². The van der Waals surface area contributed by atoms with Gasteiger partial charge in [0.1, 0.15) is 58.2 Å². The van der Waals surface area contributed by atoms with Crippen LogP contribution < -0.4 is 32.8 Å². The van der Waals surface area contributed by atoms with Gasteiger partial charge in [0.15, 0.2) is 17.5 Å². The Kier molecular flexibility index (Phi) is 8.32. The van der Waals surface area contributed by atoms with E-state index in [2.05, 4.69) is 21.3 Å². The standard InChI is InChI=1S/C51H25B6N5O/c52-29-22-33-41-43(56)44(57)42-34-23-30(53)25-36(55)46(34)62(48(42)47(41)61(45(33)35(54)24-29)31-15-8-3-9-16-31)37-17-10-18-38-40(37)32-20-19-28(21-39(32)63-38)51-59-49(26-11-4-1-5-12-26)58-50(60-51)27-13-6-2-7-14-27/h1-25H. The lowest BCUT2D eigenvalue weighted by Crippen LogP contribution is -2.27. The molecule has 4 heterocycles. The van der Waals surface area contributed by atoms with E-state index in [0.29, 0.717) is 77.7 Å². The molecule has 0 saturated carbocycles. The molecule has 63 heavy (non-hydrogen) atoms. The molecule has 8 aromatic carbocycles. The minimum atomic E-state index is 0.385. The van der Waals surface area contributed by atoms with Crippen LogP contribution in [0.4, 0.5) is 0 Å². The summed E-state index contributed by atoms with van der Waals surface area (Å²) in [5.41, 5.74) is 11.2. The van der Waals surface area contributed by atoms with Crippen LogP contribution in [0.2, 0.25) is 0 Å². The third kappa shape index (κ3) is 5.63. The van der Waals surface area contributed by atoms with Crippen molar-refractivity contribution < 1.29 is 4.42 Å². The van der Waals surface area contributed by atoms with E-state index in [1.54, 1.807) is 12.1 Å². The van der Waals surface area contributed by atoms with Crippen LogP contribution in [0.25, 0.3) is 111 Å². The van der Waals surface area contributed by atoms with Gasteiger partial charge in [-0.25, -0.2) is 15.0 Å². The summed E-state index contributed by atoms with van der Waals surface area (Å²) in [5.74, 6) is 1.65. The zero-order chi connectivity index (χ0) is 42.7. The minimum absolute atomic E-state index is 0.385. The van der Waals surface area contributed by atoms with E-state index in [-0.39, 0.29) is 0 Å². The quantitative estimate of drug-likeness (QED) is 0.209. The molecule has 12 aromatic rings. The van der Waals surface area contributed by atoms with Crippen molar-refractivity contribution in [3.63, 3.8) is 0 Å². The number of fused-ring (bicyclic) bond motifs is 10. The number of para-hydroxylation sites is 1. The van der Waals surface area contributed by atoms with Crippen LogP contribution >= 0.6 is 0 Å². The maximum atomic E-state index is 7.18. The Hall–Kier alpha value is -7.44. The minimum Gasteiger partial charge on any atom is -0.456 e. The Morgan fingerprint density at radius 3 is 1.46 bits per heavy atom. The van der Waals surface area contributed by atoms with Gasteiger partial charge >= 0.3 is 0 Å². The summed E-state index contributed by atoms with van der Waals surface area (Å²) in [5, 5.41) is 4.65. The highest BCUT2D eigenvalue weighted by Crippen LogP contribution is 2.42. The zero-order valence-corrected chi connectivity index (χ0v) is 33.5. The SMILES string of the molecule is [B]c1cc([B])c2c(c1)c1c([B])c([B])c3c4cc([B])cc([B])c4n(-c4cccc5oc6cc(-c7nc(-c8ccccc8)nc(-c8ccccc8)n7)ccc6c45)c3c1n2-c1ccccc1. The highest BCUT2D eigenvalue weighted by molar-refractivity contribution is 6.61. The summed E-state index contributed by atoms with van der Waals surface area (Å²) >= 11 is 0. The highest BCUT2D eigenvalue weighted by Gasteiger charge is 2.27. The second-order valence-electron chi connectivity index (χ2n) is 15.8. The molecule has 12 heteroatoms. The molecule has 278 valence electrons. The molecule has 0 spiro atoms. The molecule has 0 aliphatic carbocycles. The molecule has 0 unspecified atom stereocenters. The second kappa shape index (κ2) is 14.0. The third-order valence-corrected chi connectivity index (χ3v) is 12.0. The number of furan rings is 1. The van der Waals surface area contributed by atoms with Crippen LogP contribution in [0.15, 0.2) is 156 Å². The third-order valence-electron chi connectivity index (χ3n) is 12.0. The van der Waals surface area contributed by atoms with E-state index in [1.165, 1.54) is 0 Å². The molecule has 12 rings (SSSR count). The molecule has 0 atom stereocenters. The molecule has 0 amide bonds. The molecular weight excluding hydrogens is 763 g/mol. The number of benzene rings is 8. The van der Waals surface area contributed by atoms with Crippen LogP contribution in [0.5, 0.6) is 0 Å². The summed E-state index contributed by atoms with van der Waals surface area (Å²) < 4.78 is 11.0. The topological polar surface area (TPSA) is 61.7 Å². The number of aromatic nitrogens is 5. The maximum Gasteiger partial charge on any atom is 0.164 e. The molecule has 4 aromatic heterocycles. The van der Waals surface area contributed by atoms with Crippen LogP contribution in [-0.4, -0.2) is 71.2 Å². The summed E-state index contributed by atoms with van der Waals surface area (Å²) in [4.78, 5) is 14.8. The predicted molar refractivity (Wildman–Crippen MR) is 264 cm³/mol. The number of rotatable bonds is 5. The van der Waals surface area contributed by atoms with Crippen molar-refractivity contribution in [1.29, 1.82) is 0 Å². The van der Waals surface area contributed by atoms with E-state index in [4.69, 9.17) is 66.4 Å². The van der Waals surface area contributed by atoms with Crippen molar-refractivity contribution in [1.82, 2.24) is 24.1 Å². The Morgan fingerprint density at radius 1 is 0.381 bits per heavy atom. The van der Waals surface area contributed by atoms with Crippen molar-refractivity contribution in [2.24, 2.45) is 0 Å². The first kappa shape index (κ1) is 37.3. The Balaban J connectivity index is 1.18. The Morgan fingerprint density at radius 2 is 0.889 bits per heavy atom. The molecule has 0 fully saturated rings. The molecule has 0 aliphatic rings. The fourth-order valence-electron chi connectivity index (χ4n) is 9.35. The van der Waals surface area contributed by atoms with E-state index >= 15 is 0 Å². The summed E-state index contributed by atoms with van der Waals surface area (Å²) in [6, 6.07) is 49.2. The normalized spacial score (nSPS) is 11.9. The molecule has 0 N–H and O–H groups in total. The lowest BCUT2D eigenvalue weighted by molar-refractivity contribution is 0.669. The van der Waals surface area contributed by atoms with Gasteiger partial charge in [0.05, 0.1) is 22.1 Å². The molecule has 0 aliphatic heterocycles. The maximum absolute atomic E-state index is 7.18. The van der Waals surface area contributed by atoms with Crippen LogP contribution in [-0.2, 0) is 0 Å². The Labute approximate surface area is 369 Å². The molecule has 0 saturated heterocycles.